The van der Waals surface area contributed by atoms with Crippen LogP contribution in [0.4, 0.5) is 8.78 Å². The van der Waals surface area contributed by atoms with Gasteiger partial charge in [-0.3, -0.25) is 0 Å². The SMILES string of the molecule is COc1cccc(CNC(C)c2nn[nH]n2)c1OC(F)F. The fraction of sp³-hybridized carbons (Fsp3) is 0.417. The van der Waals surface area contributed by atoms with E-state index in [0.717, 1.165) is 0 Å². The summed E-state index contributed by atoms with van der Waals surface area (Å²) in [5.74, 6) is 0.749. The molecule has 2 aromatic rings. The van der Waals surface area contributed by atoms with E-state index in [1.54, 1.807) is 18.2 Å². The number of hydrogen-bond donors (Lipinski definition) is 2. The maximum Gasteiger partial charge on any atom is 0.387 e. The third kappa shape index (κ3) is 3.85. The van der Waals surface area contributed by atoms with Crippen molar-refractivity contribution in [2.75, 3.05) is 7.11 Å². The normalized spacial score (nSPS) is 12.4. The summed E-state index contributed by atoms with van der Waals surface area (Å²) in [7, 11) is 1.40. The molecule has 0 aliphatic rings. The molecular weight excluding hydrogens is 284 g/mol. The van der Waals surface area contributed by atoms with E-state index in [1.165, 1.54) is 7.11 Å². The van der Waals surface area contributed by atoms with Crippen LogP contribution in [0.3, 0.4) is 0 Å². The Morgan fingerprint density at radius 2 is 2.19 bits per heavy atom. The van der Waals surface area contributed by atoms with E-state index in [0.29, 0.717) is 11.4 Å². The summed E-state index contributed by atoms with van der Waals surface area (Å²) in [6, 6.07) is 4.74. The van der Waals surface area contributed by atoms with Crippen LogP contribution in [0.2, 0.25) is 0 Å². The summed E-state index contributed by atoms with van der Waals surface area (Å²) in [5.41, 5.74) is 0.546. The molecule has 0 fully saturated rings. The predicted molar refractivity (Wildman–Crippen MR) is 69.1 cm³/mol. The maximum absolute atomic E-state index is 12.5. The van der Waals surface area contributed by atoms with Crippen LogP contribution in [0, 0.1) is 0 Å². The summed E-state index contributed by atoms with van der Waals surface area (Å²) in [6.07, 6.45) is 0. The first kappa shape index (κ1) is 15.1. The third-order valence-electron chi connectivity index (χ3n) is 2.84. The number of aromatic amines is 1. The number of hydrogen-bond acceptors (Lipinski definition) is 6. The van der Waals surface area contributed by atoms with E-state index in [2.05, 4.69) is 30.7 Å². The fourth-order valence-corrected chi connectivity index (χ4v) is 1.79. The van der Waals surface area contributed by atoms with Crippen LogP contribution in [0.5, 0.6) is 11.5 Å². The molecule has 1 heterocycles. The van der Waals surface area contributed by atoms with Gasteiger partial charge in [-0.05, 0) is 13.0 Å². The lowest BCUT2D eigenvalue weighted by Crippen LogP contribution is -2.20. The van der Waals surface area contributed by atoms with Crippen molar-refractivity contribution in [3.63, 3.8) is 0 Å². The molecule has 1 atom stereocenters. The van der Waals surface area contributed by atoms with Crippen LogP contribution in [0.25, 0.3) is 0 Å². The summed E-state index contributed by atoms with van der Waals surface area (Å²) in [5, 5.41) is 16.6. The average Bonchev–Trinajstić information content (AvgIpc) is 2.99. The van der Waals surface area contributed by atoms with Gasteiger partial charge < -0.3 is 14.8 Å². The van der Waals surface area contributed by atoms with Gasteiger partial charge in [-0.1, -0.05) is 17.3 Å². The van der Waals surface area contributed by atoms with Gasteiger partial charge in [0.2, 0.25) is 0 Å². The van der Waals surface area contributed by atoms with Crippen LogP contribution in [-0.2, 0) is 6.54 Å². The van der Waals surface area contributed by atoms with E-state index in [1.807, 2.05) is 6.92 Å². The molecule has 7 nitrogen and oxygen atoms in total. The van der Waals surface area contributed by atoms with Crippen LogP contribution in [-0.4, -0.2) is 34.3 Å². The molecular formula is C12H15F2N5O2. The van der Waals surface area contributed by atoms with Crippen LogP contribution in [0.15, 0.2) is 18.2 Å². The van der Waals surface area contributed by atoms with Gasteiger partial charge in [-0.2, -0.15) is 14.0 Å². The van der Waals surface area contributed by atoms with Gasteiger partial charge >= 0.3 is 6.61 Å². The molecule has 0 amide bonds. The van der Waals surface area contributed by atoms with Crippen molar-refractivity contribution in [3.8, 4) is 11.5 Å². The molecule has 0 aliphatic heterocycles. The first-order valence-corrected chi connectivity index (χ1v) is 6.19. The molecule has 114 valence electrons. The van der Waals surface area contributed by atoms with Gasteiger partial charge in [-0.15, -0.1) is 10.2 Å². The van der Waals surface area contributed by atoms with Crippen molar-refractivity contribution in [3.05, 3.63) is 29.6 Å². The van der Waals surface area contributed by atoms with Crippen molar-refractivity contribution >= 4 is 0 Å². The minimum atomic E-state index is -2.92. The smallest absolute Gasteiger partial charge is 0.387 e. The number of alkyl halides is 2. The summed E-state index contributed by atoms with van der Waals surface area (Å²) >= 11 is 0. The lowest BCUT2D eigenvalue weighted by atomic mass is 10.1. The molecule has 1 aromatic carbocycles. The van der Waals surface area contributed by atoms with Crippen molar-refractivity contribution in [1.29, 1.82) is 0 Å². The molecule has 1 aromatic heterocycles. The Morgan fingerprint density at radius 3 is 2.81 bits per heavy atom. The molecule has 0 radical (unpaired) electrons. The maximum atomic E-state index is 12.5. The minimum Gasteiger partial charge on any atom is -0.493 e. The van der Waals surface area contributed by atoms with Crippen LogP contribution >= 0.6 is 0 Å². The number of aromatic nitrogens is 4. The second-order valence-electron chi connectivity index (χ2n) is 4.20. The lowest BCUT2D eigenvalue weighted by Gasteiger charge is -2.16. The molecule has 2 N–H and O–H groups in total. The molecule has 0 saturated carbocycles. The molecule has 0 spiro atoms. The second kappa shape index (κ2) is 6.93. The highest BCUT2D eigenvalue weighted by Gasteiger charge is 2.16. The first-order valence-electron chi connectivity index (χ1n) is 6.19. The zero-order chi connectivity index (χ0) is 15.2. The first-order chi connectivity index (χ1) is 10.1. The number of tetrazole rings is 1. The van der Waals surface area contributed by atoms with Crippen LogP contribution in [0.1, 0.15) is 24.4 Å². The monoisotopic (exact) mass is 299 g/mol. The van der Waals surface area contributed by atoms with Gasteiger partial charge in [0, 0.05) is 12.1 Å². The minimum absolute atomic E-state index is 0.0165. The molecule has 9 heteroatoms. The zero-order valence-corrected chi connectivity index (χ0v) is 11.5. The Bertz CT molecular complexity index is 565. The number of halogens is 2. The summed E-state index contributed by atoms with van der Waals surface area (Å²) < 4.78 is 34.6. The Balaban J connectivity index is 2.11. The summed E-state index contributed by atoms with van der Waals surface area (Å²) in [6.45, 7) is -0.803. The number of nitrogens with one attached hydrogen (secondary N) is 2. The quantitative estimate of drug-likeness (QED) is 0.809. The van der Waals surface area contributed by atoms with E-state index in [4.69, 9.17) is 4.74 Å². The van der Waals surface area contributed by atoms with E-state index in [-0.39, 0.29) is 24.1 Å². The number of rotatable bonds is 7. The Kier molecular flexibility index (Phi) is 4.99. The highest BCUT2D eigenvalue weighted by atomic mass is 19.3. The molecule has 2 rings (SSSR count). The molecule has 1 unspecified atom stereocenters. The number of para-hydroxylation sites is 1. The van der Waals surface area contributed by atoms with Crippen molar-refractivity contribution < 1.29 is 18.3 Å². The number of nitrogens with zero attached hydrogens (tertiary/aromatic N) is 3. The summed E-state index contributed by atoms with van der Waals surface area (Å²) in [4.78, 5) is 0. The standard InChI is InChI=1S/C12H15F2N5O2/c1-7(11-16-18-19-17-11)15-6-8-4-3-5-9(20-2)10(8)21-12(13)14/h3-5,7,12,15H,6H2,1-2H3,(H,16,17,18,19). The van der Waals surface area contributed by atoms with Gasteiger partial charge in [0.05, 0.1) is 13.2 Å². The van der Waals surface area contributed by atoms with Gasteiger partial charge in [-0.25, -0.2) is 0 Å². The third-order valence-corrected chi connectivity index (χ3v) is 2.84. The van der Waals surface area contributed by atoms with Crippen molar-refractivity contribution in [1.82, 2.24) is 25.9 Å². The Labute approximate surface area is 119 Å². The number of benzene rings is 1. The molecule has 0 saturated heterocycles. The van der Waals surface area contributed by atoms with E-state index >= 15 is 0 Å². The fourth-order valence-electron chi connectivity index (χ4n) is 1.79. The largest absolute Gasteiger partial charge is 0.493 e. The number of ether oxygens (including phenoxy) is 2. The van der Waals surface area contributed by atoms with Crippen LogP contribution < -0.4 is 14.8 Å². The van der Waals surface area contributed by atoms with Crippen molar-refractivity contribution in [2.24, 2.45) is 0 Å². The highest BCUT2D eigenvalue weighted by Crippen LogP contribution is 2.32. The predicted octanol–water partition coefficient (Wildman–Crippen LogP) is 1.66. The van der Waals surface area contributed by atoms with Crippen molar-refractivity contribution in [2.45, 2.75) is 26.1 Å². The lowest BCUT2D eigenvalue weighted by molar-refractivity contribution is -0.0518. The molecule has 0 aliphatic carbocycles. The topological polar surface area (TPSA) is 85.0 Å². The molecule has 0 bridgehead atoms. The highest BCUT2D eigenvalue weighted by molar-refractivity contribution is 5.46. The second-order valence-corrected chi connectivity index (χ2v) is 4.20. The zero-order valence-electron chi connectivity index (χ0n) is 11.5. The van der Waals surface area contributed by atoms with Gasteiger partial charge in [0.1, 0.15) is 0 Å². The average molecular weight is 299 g/mol. The van der Waals surface area contributed by atoms with Gasteiger partial charge in [0.25, 0.3) is 0 Å². The molecule has 21 heavy (non-hydrogen) atoms. The Morgan fingerprint density at radius 1 is 1.38 bits per heavy atom. The van der Waals surface area contributed by atoms with E-state index in [9.17, 15) is 8.78 Å². The van der Waals surface area contributed by atoms with E-state index < -0.39 is 6.61 Å². The number of methoxy groups -OCH3 is 1. The number of H-pyrrole nitrogens is 1. The Hall–Kier alpha value is -2.29. The van der Waals surface area contributed by atoms with Gasteiger partial charge in [0.15, 0.2) is 17.3 Å².